The van der Waals surface area contributed by atoms with Gasteiger partial charge in [0.25, 0.3) is 0 Å². The summed E-state index contributed by atoms with van der Waals surface area (Å²) in [5.41, 5.74) is 6.90. The van der Waals surface area contributed by atoms with Crippen molar-refractivity contribution in [2.45, 2.75) is 19.9 Å². The summed E-state index contributed by atoms with van der Waals surface area (Å²) in [4.78, 5) is 23.5. The number of nitrogens with zero attached hydrogens (tertiary/aromatic N) is 3. The largest absolute Gasteiger partial charge is 0.495 e. The second kappa shape index (κ2) is 6.21. The number of pyridine rings is 1. The maximum absolute atomic E-state index is 10.9. The molecule has 0 radical (unpaired) electrons. The summed E-state index contributed by atoms with van der Waals surface area (Å²) >= 11 is 0. The first-order chi connectivity index (χ1) is 9.99. The molecule has 0 aliphatic heterocycles. The molecule has 21 heavy (non-hydrogen) atoms. The molecule has 0 spiro atoms. The van der Waals surface area contributed by atoms with E-state index in [9.17, 15) is 4.79 Å². The van der Waals surface area contributed by atoms with Crippen molar-refractivity contribution in [2.75, 3.05) is 24.7 Å². The predicted molar refractivity (Wildman–Crippen MR) is 80.1 cm³/mol. The Bertz CT molecular complexity index is 660. The number of amides is 1. The highest BCUT2D eigenvalue weighted by Gasteiger charge is 2.11. The molecule has 0 bridgehead atoms. The van der Waals surface area contributed by atoms with Crippen LogP contribution < -0.4 is 21.1 Å². The van der Waals surface area contributed by atoms with Gasteiger partial charge >= 0.3 is 0 Å². The number of nitrogens with one attached hydrogen (secondary N) is 2. The number of nitrogen functional groups attached to an aromatic ring is 1. The minimum atomic E-state index is -0.0847. The van der Waals surface area contributed by atoms with Crippen LogP contribution in [0.25, 0.3) is 11.0 Å². The van der Waals surface area contributed by atoms with E-state index in [2.05, 4.69) is 25.6 Å². The Morgan fingerprint density at radius 3 is 2.90 bits per heavy atom. The van der Waals surface area contributed by atoms with E-state index in [0.717, 1.165) is 0 Å². The molecular formula is C13H18N6O2. The molecule has 0 unspecified atom stereocenters. The number of carbonyl (C=O) groups is 1. The summed E-state index contributed by atoms with van der Waals surface area (Å²) in [5, 5.41) is 5.90. The smallest absolute Gasteiger partial charge is 0.222 e. The average Bonchev–Trinajstić information content (AvgIpc) is 2.44. The second-order valence-corrected chi connectivity index (χ2v) is 4.66. The van der Waals surface area contributed by atoms with Crippen LogP contribution in [0.2, 0.25) is 0 Å². The van der Waals surface area contributed by atoms with E-state index in [1.54, 1.807) is 19.4 Å². The number of rotatable bonds is 5. The van der Waals surface area contributed by atoms with Gasteiger partial charge in [0.05, 0.1) is 13.3 Å². The monoisotopic (exact) mass is 290 g/mol. The Balaban J connectivity index is 2.28. The van der Waals surface area contributed by atoms with Crippen LogP contribution in [0.4, 0.5) is 11.8 Å². The molecule has 2 aromatic heterocycles. The lowest BCUT2D eigenvalue weighted by molar-refractivity contribution is -0.118. The van der Waals surface area contributed by atoms with E-state index < -0.39 is 0 Å². The Hall–Kier alpha value is -2.64. The van der Waals surface area contributed by atoms with Crippen LogP contribution in [0.5, 0.6) is 5.75 Å². The van der Waals surface area contributed by atoms with Crippen molar-refractivity contribution in [2.24, 2.45) is 0 Å². The van der Waals surface area contributed by atoms with E-state index in [-0.39, 0.29) is 17.9 Å². The molecule has 4 N–H and O–H groups in total. The molecule has 0 aromatic carbocycles. The number of anilines is 2. The van der Waals surface area contributed by atoms with Crippen LogP contribution in [0.3, 0.4) is 0 Å². The Morgan fingerprint density at radius 2 is 2.24 bits per heavy atom. The minimum absolute atomic E-state index is 0.0321. The van der Waals surface area contributed by atoms with Gasteiger partial charge in [0, 0.05) is 25.6 Å². The Kier molecular flexibility index (Phi) is 4.36. The number of hydrogen-bond acceptors (Lipinski definition) is 7. The van der Waals surface area contributed by atoms with Gasteiger partial charge in [-0.05, 0) is 6.92 Å². The fourth-order valence-electron chi connectivity index (χ4n) is 1.81. The van der Waals surface area contributed by atoms with Crippen LogP contribution in [0, 0.1) is 0 Å². The van der Waals surface area contributed by atoms with Crippen molar-refractivity contribution in [3.8, 4) is 5.75 Å². The molecule has 0 saturated heterocycles. The molecule has 0 aliphatic carbocycles. The third-order valence-electron chi connectivity index (χ3n) is 2.80. The number of methoxy groups -OCH3 is 1. The molecule has 112 valence electrons. The maximum atomic E-state index is 10.9. The first kappa shape index (κ1) is 14.8. The molecule has 0 aliphatic rings. The zero-order valence-corrected chi connectivity index (χ0v) is 12.2. The van der Waals surface area contributed by atoms with Gasteiger partial charge in [-0.1, -0.05) is 0 Å². The van der Waals surface area contributed by atoms with Gasteiger partial charge in [-0.2, -0.15) is 4.98 Å². The van der Waals surface area contributed by atoms with Crippen molar-refractivity contribution in [3.63, 3.8) is 0 Å². The molecule has 2 heterocycles. The van der Waals surface area contributed by atoms with Gasteiger partial charge in [-0.15, -0.1) is 0 Å². The van der Waals surface area contributed by atoms with E-state index in [1.807, 2.05) is 6.92 Å². The zero-order valence-electron chi connectivity index (χ0n) is 12.2. The summed E-state index contributed by atoms with van der Waals surface area (Å²) in [6.07, 6.45) is 1.59. The standard InChI is InChI=1S/C13H18N6O2/c1-7(5-15-8(2)20)17-12-11-10(18-13(14)19-12)4-9(21-3)6-16-11/h4,6-7H,5H2,1-3H3,(H,15,20)(H3,14,17,18,19)/t7-/m0/s1. The normalized spacial score (nSPS) is 12.0. The predicted octanol–water partition coefficient (Wildman–Crippen LogP) is 0.552. The number of aromatic nitrogens is 3. The lowest BCUT2D eigenvalue weighted by atomic mass is 10.3. The van der Waals surface area contributed by atoms with Gasteiger partial charge in [-0.25, -0.2) is 9.97 Å². The maximum Gasteiger partial charge on any atom is 0.222 e. The second-order valence-electron chi connectivity index (χ2n) is 4.66. The van der Waals surface area contributed by atoms with Gasteiger partial charge in [0.15, 0.2) is 5.82 Å². The highest BCUT2D eigenvalue weighted by Crippen LogP contribution is 2.23. The van der Waals surface area contributed by atoms with Crippen LogP contribution >= 0.6 is 0 Å². The van der Waals surface area contributed by atoms with E-state index in [1.165, 1.54) is 6.92 Å². The molecule has 8 heteroatoms. The number of nitrogens with two attached hydrogens (primary N) is 1. The number of carbonyl (C=O) groups excluding carboxylic acids is 1. The van der Waals surface area contributed by atoms with Gasteiger partial charge in [-0.3, -0.25) is 4.79 Å². The minimum Gasteiger partial charge on any atom is -0.495 e. The number of fused-ring (bicyclic) bond motifs is 1. The molecule has 1 amide bonds. The van der Waals surface area contributed by atoms with Crippen molar-refractivity contribution < 1.29 is 9.53 Å². The van der Waals surface area contributed by atoms with Crippen LogP contribution in [0.1, 0.15) is 13.8 Å². The Morgan fingerprint density at radius 1 is 1.48 bits per heavy atom. The summed E-state index contributed by atoms with van der Waals surface area (Å²) in [6.45, 7) is 3.86. The van der Waals surface area contributed by atoms with Crippen molar-refractivity contribution in [1.82, 2.24) is 20.3 Å². The molecule has 8 nitrogen and oxygen atoms in total. The van der Waals surface area contributed by atoms with Gasteiger partial charge in [0.2, 0.25) is 11.9 Å². The highest BCUT2D eigenvalue weighted by molar-refractivity contribution is 5.86. The third-order valence-corrected chi connectivity index (χ3v) is 2.80. The molecule has 0 fully saturated rings. The number of hydrogen-bond donors (Lipinski definition) is 3. The van der Waals surface area contributed by atoms with Gasteiger partial charge in [0.1, 0.15) is 16.8 Å². The van der Waals surface area contributed by atoms with Crippen LogP contribution in [-0.4, -0.2) is 40.6 Å². The highest BCUT2D eigenvalue weighted by atomic mass is 16.5. The lowest BCUT2D eigenvalue weighted by Crippen LogP contribution is -2.33. The lowest BCUT2D eigenvalue weighted by Gasteiger charge is -2.16. The SMILES string of the molecule is COc1cnc2c(N[C@@H](C)CNC(C)=O)nc(N)nc2c1. The fourth-order valence-corrected chi connectivity index (χ4v) is 1.81. The van der Waals surface area contributed by atoms with E-state index in [4.69, 9.17) is 10.5 Å². The van der Waals surface area contributed by atoms with Crippen LogP contribution in [-0.2, 0) is 4.79 Å². The molecule has 0 saturated carbocycles. The summed E-state index contributed by atoms with van der Waals surface area (Å²) in [5.74, 6) is 1.18. The first-order valence-electron chi connectivity index (χ1n) is 6.48. The Labute approximate surface area is 122 Å². The van der Waals surface area contributed by atoms with Crippen molar-refractivity contribution >= 4 is 28.7 Å². The van der Waals surface area contributed by atoms with E-state index >= 15 is 0 Å². The summed E-state index contributed by atoms with van der Waals surface area (Å²) in [6, 6.07) is 1.71. The van der Waals surface area contributed by atoms with Crippen molar-refractivity contribution in [1.29, 1.82) is 0 Å². The first-order valence-corrected chi connectivity index (χ1v) is 6.48. The average molecular weight is 290 g/mol. The molecule has 2 aromatic rings. The molecule has 1 atom stereocenters. The molecule has 2 rings (SSSR count). The number of ether oxygens (including phenoxy) is 1. The zero-order chi connectivity index (χ0) is 15.4. The third kappa shape index (κ3) is 3.68. The van der Waals surface area contributed by atoms with Gasteiger partial charge < -0.3 is 21.1 Å². The molecular weight excluding hydrogens is 272 g/mol. The van der Waals surface area contributed by atoms with Crippen LogP contribution in [0.15, 0.2) is 12.3 Å². The summed E-state index contributed by atoms with van der Waals surface area (Å²) < 4.78 is 5.12. The fraction of sp³-hybridized carbons (Fsp3) is 0.385. The van der Waals surface area contributed by atoms with Crippen molar-refractivity contribution in [3.05, 3.63) is 12.3 Å². The topological polar surface area (TPSA) is 115 Å². The van der Waals surface area contributed by atoms with E-state index in [0.29, 0.717) is 29.1 Å². The quantitative estimate of drug-likeness (QED) is 0.736. The summed E-state index contributed by atoms with van der Waals surface area (Å²) in [7, 11) is 1.56.